The molecule has 1 N–H and O–H groups in total. The number of nitrogens with zero attached hydrogens (tertiary/aromatic N) is 2. The summed E-state index contributed by atoms with van der Waals surface area (Å²) in [5.41, 5.74) is 2.73. The van der Waals surface area contributed by atoms with E-state index in [9.17, 15) is 4.39 Å². The molecule has 20 heavy (non-hydrogen) atoms. The fourth-order valence-electron chi connectivity index (χ4n) is 2.51. The molecule has 1 aliphatic rings. The molecule has 0 spiro atoms. The van der Waals surface area contributed by atoms with Crippen LogP contribution in [0.5, 0.6) is 0 Å². The molecule has 3 nitrogen and oxygen atoms in total. The number of anilines is 1. The van der Waals surface area contributed by atoms with Gasteiger partial charge in [0, 0.05) is 31.7 Å². The van der Waals surface area contributed by atoms with E-state index < -0.39 is 0 Å². The summed E-state index contributed by atoms with van der Waals surface area (Å²) in [6, 6.07) is 10.8. The van der Waals surface area contributed by atoms with E-state index in [2.05, 4.69) is 10.2 Å². The number of hydrogen-bond acceptors (Lipinski definition) is 3. The van der Waals surface area contributed by atoms with Gasteiger partial charge in [-0.25, -0.2) is 9.37 Å². The monoisotopic (exact) mass is 271 g/mol. The largest absolute Gasteiger partial charge is 0.354 e. The molecule has 0 atom stereocenters. The lowest BCUT2D eigenvalue weighted by atomic mass is 10.1. The maximum absolute atomic E-state index is 13.4. The molecular formula is C16H18FN3. The Hall–Kier alpha value is -1.94. The van der Waals surface area contributed by atoms with Crippen LogP contribution in [0.3, 0.4) is 0 Å². The predicted molar refractivity (Wildman–Crippen MR) is 79.5 cm³/mol. The molecule has 1 saturated heterocycles. The third-order valence-corrected chi connectivity index (χ3v) is 3.65. The Morgan fingerprint density at radius 3 is 2.75 bits per heavy atom. The van der Waals surface area contributed by atoms with Gasteiger partial charge in [-0.15, -0.1) is 0 Å². The maximum Gasteiger partial charge on any atom is 0.129 e. The minimum absolute atomic E-state index is 0.222. The van der Waals surface area contributed by atoms with Gasteiger partial charge in [-0.3, -0.25) is 0 Å². The summed E-state index contributed by atoms with van der Waals surface area (Å²) in [5, 5.41) is 3.33. The minimum Gasteiger partial charge on any atom is -0.354 e. The third kappa shape index (κ3) is 2.65. The second kappa shape index (κ2) is 5.59. The highest BCUT2D eigenvalue weighted by molar-refractivity contribution is 5.65. The lowest BCUT2D eigenvalue weighted by molar-refractivity contribution is 0.585. The second-order valence-corrected chi connectivity index (χ2v) is 5.08. The fourth-order valence-corrected chi connectivity index (χ4v) is 2.51. The van der Waals surface area contributed by atoms with E-state index in [0.717, 1.165) is 48.8 Å². The van der Waals surface area contributed by atoms with Gasteiger partial charge >= 0.3 is 0 Å². The third-order valence-electron chi connectivity index (χ3n) is 3.65. The molecule has 0 saturated carbocycles. The molecule has 0 aliphatic carbocycles. The number of benzene rings is 1. The highest BCUT2D eigenvalue weighted by Gasteiger charge is 2.13. The van der Waals surface area contributed by atoms with Crippen LogP contribution in [-0.2, 0) is 0 Å². The Labute approximate surface area is 118 Å². The molecule has 1 aliphatic heterocycles. The van der Waals surface area contributed by atoms with E-state index in [1.807, 2.05) is 25.1 Å². The van der Waals surface area contributed by atoms with E-state index in [-0.39, 0.29) is 5.82 Å². The Balaban J connectivity index is 1.96. The molecule has 0 amide bonds. The summed E-state index contributed by atoms with van der Waals surface area (Å²) in [7, 11) is 0. The summed E-state index contributed by atoms with van der Waals surface area (Å²) in [6.07, 6.45) is 0. The lowest BCUT2D eigenvalue weighted by Gasteiger charge is -2.28. The number of pyridine rings is 1. The van der Waals surface area contributed by atoms with Crippen LogP contribution in [-0.4, -0.2) is 31.2 Å². The summed E-state index contributed by atoms with van der Waals surface area (Å²) in [4.78, 5) is 6.96. The topological polar surface area (TPSA) is 28.2 Å². The highest BCUT2D eigenvalue weighted by atomic mass is 19.1. The van der Waals surface area contributed by atoms with E-state index in [1.54, 1.807) is 12.1 Å². The SMILES string of the molecule is Cc1ccc(F)cc1-c1cccc(N2CCNCC2)n1. The van der Waals surface area contributed by atoms with Crippen LogP contribution in [0.2, 0.25) is 0 Å². The summed E-state index contributed by atoms with van der Waals surface area (Å²) < 4.78 is 13.4. The quantitative estimate of drug-likeness (QED) is 0.910. The number of rotatable bonds is 2. The number of hydrogen-bond donors (Lipinski definition) is 1. The standard InChI is InChI=1S/C16H18FN3/c1-12-5-6-13(17)11-14(12)15-3-2-4-16(19-15)20-9-7-18-8-10-20/h2-6,11,18H,7-10H2,1H3. The Kier molecular flexibility index (Phi) is 3.65. The first-order valence-electron chi connectivity index (χ1n) is 6.93. The van der Waals surface area contributed by atoms with Crippen LogP contribution in [0.4, 0.5) is 10.2 Å². The van der Waals surface area contributed by atoms with Gasteiger partial charge in [0.15, 0.2) is 0 Å². The van der Waals surface area contributed by atoms with Crippen LogP contribution in [0.1, 0.15) is 5.56 Å². The molecule has 1 aromatic carbocycles. The Morgan fingerprint density at radius 1 is 1.15 bits per heavy atom. The zero-order valence-electron chi connectivity index (χ0n) is 11.6. The smallest absolute Gasteiger partial charge is 0.129 e. The van der Waals surface area contributed by atoms with Gasteiger partial charge in [-0.1, -0.05) is 12.1 Å². The van der Waals surface area contributed by atoms with Crippen LogP contribution >= 0.6 is 0 Å². The first kappa shape index (κ1) is 13.1. The van der Waals surface area contributed by atoms with E-state index in [0.29, 0.717) is 0 Å². The molecule has 4 heteroatoms. The predicted octanol–water partition coefficient (Wildman–Crippen LogP) is 2.61. The molecule has 1 fully saturated rings. The number of piperazine rings is 1. The number of aromatic nitrogens is 1. The second-order valence-electron chi connectivity index (χ2n) is 5.08. The Morgan fingerprint density at radius 2 is 1.95 bits per heavy atom. The molecule has 0 unspecified atom stereocenters. The zero-order chi connectivity index (χ0) is 13.9. The summed E-state index contributed by atoms with van der Waals surface area (Å²) in [5.74, 6) is 0.743. The zero-order valence-corrected chi connectivity index (χ0v) is 11.6. The first-order chi connectivity index (χ1) is 9.74. The van der Waals surface area contributed by atoms with Crippen molar-refractivity contribution in [1.82, 2.24) is 10.3 Å². The van der Waals surface area contributed by atoms with Crippen LogP contribution < -0.4 is 10.2 Å². The highest BCUT2D eigenvalue weighted by Crippen LogP contribution is 2.24. The van der Waals surface area contributed by atoms with Gasteiger partial charge in [-0.05, 0) is 36.8 Å². The number of aryl methyl sites for hydroxylation is 1. The van der Waals surface area contributed by atoms with Crippen molar-refractivity contribution in [3.05, 3.63) is 47.8 Å². The summed E-state index contributed by atoms with van der Waals surface area (Å²) in [6.45, 7) is 5.85. The molecule has 104 valence electrons. The van der Waals surface area contributed by atoms with Gasteiger partial charge in [0.1, 0.15) is 11.6 Å². The van der Waals surface area contributed by atoms with Gasteiger partial charge in [0.25, 0.3) is 0 Å². The van der Waals surface area contributed by atoms with Crippen molar-refractivity contribution in [2.24, 2.45) is 0 Å². The molecule has 0 radical (unpaired) electrons. The van der Waals surface area contributed by atoms with Crippen molar-refractivity contribution >= 4 is 5.82 Å². The van der Waals surface area contributed by atoms with Gasteiger partial charge in [0.05, 0.1) is 5.69 Å². The van der Waals surface area contributed by atoms with E-state index in [1.165, 1.54) is 6.07 Å². The van der Waals surface area contributed by atoms with Gasteiger partial charge in [0.2, 0.25) is 0 Å². The van der Waals surface area contributed by atoms with E-state index in [4.69, 9.17) is 4.98 Å². The number of nitrogens with one attached hydrogen (secondary N) is 1. The molecule has 1 aromatic heterocycles. The Bertz CT molecular complexity index is 606. The van der Waals surface area contributed by atoms with Gasteiger partial charge < -0.3 is 10.2 Å². The van der Waals surface area contributed by atoms with Crippen molar-refractivity contribution in [3.63, 3.8) is 0 Å². The maximum atomic E-state index is 13.4. The first-order valence-corrected chi connectivity index (χ1v) is 6.93. The van der Waals surface area contributed by atoms with Crippen LogP contribution in [0.15, 0.2) is 36.4 Å². The average Bonchev–Trinajstić information content (AvgIpc) is 2.51. The lowest BCUT2D eigenvalue weighted by Crippen LogP contribution is -2.43. The van der Waals surface area contributed by atoms with Crippen molar-refractivity contribution < 1.29 is 4.39 Å². The molecule has 2 aromatic rings. The van der Waals surface area contributed by atoms with Crippen LogP contribution in [0, 0.1) is 12.7 Å². The molecular weight excluding hydrogens is 253 g/mol. The van der Waals surface area contributed by atoms with Gasteiger partial charge in [-0.2, -0.15) is 0 Å². The van der Waals surface area contributed by atoms with Crippen molar-refractivity contribution in [2.45, 2.75) is 6.92 Å². The van der Waals surface area contributed by atoms with Crippen molar-refractivity contribution in [1.29, 1.82) is 0 Å². The molecule has 2 heterocycles. The van der Waals surface area contributed by atoms with E-state index >= 15 is 0 Å². The van der Waals surface area contributed by atoms with Crippen molar-refractivity contribution in [3.8, 4) is 11.3 Å². The average molecular weight is 271 g/mol. The minimum atomic E-state index is -0.222. The molecule has 0 bridgehead atoms. The fraction of sp³-hybridized carbons (Fsp3) is 0.312. The number of halogens is 1. The normalized spacial score (nSPS) is 15.4. The van der Waals surface area contributed by atoms with Crippen molar-refractivity contribution in [2.75, 3.05) is 31.1 Å². The molecule has 3 rings (SSSR count). The van der Waals surface area contributed by atoms with Crippen LogP contribution in [0.25, 0.3) is 11.3 Å². The summed E-state index contributed by atoms with van der Waals surface area (Å²) >= 11 is 0.